The number of nitrogens with zero attached hydrogens (tertiary/aromatic N) is 2. The number of rotatable bonds is 3. The van der Waals surface area contributed by atoms with Crippen molar-refractivity contribution in [2.75, 3.05) is 13.1 Å². The summed E-state index contributed by atoms with van der Waals surface area (Å²) in [6.07, 6.45) is 5.36. The van der Waals surface area contributed by atoms with E-state index < -0.39 is 0 Å². The molecule has 2 rings (SSSR count). The zero-order valence-electron chi connectivity index (χ0n) is 9.82. The van der Waals surface area contributed by atoms with Crippen LogP contribution in [-0.4, -0.2) is 23.0 Å². The topological polar surface area (TPSA) is 42.1 Å². The molecule has 0 atom stereocenters. The fraction of sp³-hybridized carbons (Fsp3) is 0.462. The highest BCUT2D eigenvalue weighted by Crippen LogP contribution is 2.12. The highest BCUT2D eigenvalue weighted by molar-refractivity contribution is 5.14. The summed E-state index contributed by atoms with van der Waals surface area (Å²) in [5.74, 6) is 0. The zero-order chi connectivity index (χ0) is 11.4. The van der Waals surface area contributed by atoms with E-state index >= 15 is 0 Å². The van der Waals surface area contributed by atoms with Crippen molar-refractivity contribution >= 4 is 0 Å². The number of hydrogen-bond donors (Lipinski definition) is 1. The smallest absolute Gasteiger partial charge is 0.0544 e. The second-order valence-electron chi connectivity index (χ2n) is 4.40. The third-order valence-electron chi connectivity index (χ3n) is 3.03. The molecule has 3 nitrogen and oxygen atoms in total. The van der Waals surface area contributed by atoms with Crippen LogP contribution in [0.5, 0.6) is 0 Å². The second-order valence-corrected chi connectivity index (χ2v) is 4.40. The summed E-state index contributed by atoms with van der Waals surface area (Å²) < 4.78 is 0. The third kappa shape index (κ3) is 2.90. The first-order valence-corrected chi connectivity index (χ1v) is 5.80. The Hall–Kier alpha value is -1.19. The Kier molecular flexibility index (Phi) is 3.70. The lowest BCUT2D eigenvalue weighted by molar-refractivity contribution is 0.282. The summed E-state index contributed by atoms with van der Waals surface area (Å²) in [4.78, 5) is 6.83. The highest BCUT2D eigenvalue weighted by Gasteiger charge is 2.09. The standard InChI is InChI=1S/C13H19N3/c1-11-4-6-16(7-5-11)10-13-3-2-12(8-14)9-15-13/h2-4,9H,5-8,10,14H2,1H3. The molecule has 1 aliphatic heterocycles. The maximum absolute atomic E-state index is 5.54. The minimum Gasteiger partial charge on any atom is -0.326 e. The van der Waals surface area contributed by atoms with E-state index in [4.69, 9.17) is 5.73 Å². The van der Waals surface area contributed by atoms with E-state index in [-0.39, 0.29) is 0 Å². The number of aromatic nitrogens is 1. The Morgan fingerprint density at radius 3 is 2.88 bits per heavy atom. The third-order valence-corrected chi connectivity index (χ3v) is 3.03. The van der Waals surface area contributed by atoms with Crippen LogP contribution < -0.4 is 5.73 Å². The predicted molar refractivity (Wildman–Crippen MR) is 65.8 cm³/mol. The number of hydrogen-bond acceptors (Lipinski definition) is 3. The maximum Gasteiger partial charge on any atom is 0.0544 e. The van der Waals surface area contributed by atoms with Gasteiger partial charge in [0.15, 0.2) is 0 Å². The average Bonchev–Trinajstić information content (AvgIpc) is 2.33. The van der Waals surface area contributed by atoms with E-state index in [0.717, 1.165) is 30.9 Å². The Balaban J connectivity index is 1.94. The van der Waals surface area contributed by atoms with Crippen molar-refractivity contribution < 1.29 is 0 Å². The van der Waals surface area contributed by atoms with Crippen LogP contribution in [0.2, 0.25) is 0 Å². The van der Waals surface area contributed by atoms with Crippen LogP contribution in [0.3, 0.4) is 0 Å². The van der Waals surface area contributed by atoms with Gasteiger partial charge in [0.2, 0.25) is 0 Å². The lowest BCUT2D eigenvalue weighted by Gasteiger charge is -2.24. The molecule has 0 unspecified atom stereocenters. The highest BCUT2D eigenvalue weighted by atomic mass is 15.1. The molecule has 0 bridgehead atoms. The predicted octanol–water partition coefficient (Wildman–Crippen LogP) is 1.69. The second kappa shape index (κ2) is 5.23. The van der Waals surface area contributed by atoms with E-state index in [0.29, 0.717) is 6.54 Å². The first kappa shape index (κ1) is 11.3. The van der Waals surface area contributed by atoms with Gasteiger partial charge in [-0.2, -0.15) is 0 Å². The lowest BCUT2D eigenvalue weighted by atomic mass is 10.1. The van der Waals surface area contributed by atoms with Crippen LogP contribution in [0, 0.1) is 0 Å². The molecule has 0 aliphatic carbocycles. The van der Waals surface area contributed by atoms with Gasteiger partial charge in [0.25, 0.3) is 0 Å². The van der Waals surface area contributed by atoms with Gasteiger partial charge in [-0.05, 0) is 25.0 Å². The molecule has 2 N–H and O–H groups in total. The van der Waals surface area contributed by atoms with Gasteiger partial charge in [0.05, 0.1) is 5.69 Å². The van der Waals surface area contributed by atoms with E-state index in [1.807, 2.05) is 6.20 Å². The molecule has 0 amide bonds. The van der Waals surface area contributed by atoms with Crippen LogP contribution in [-0.2, 0) is 13.1 Å². The maximum atomic E-state index is 5.54. The molecule has 1 aromatic rings. The van der Waals surface area contributed by atoms with Crippen LogP contribution in [0.4, 0.5) is 0 Å². The summed E-state index contributed by atoms with van der Waals surface area (Å²) in [7, 11) is 0. The fourth-order valence-electron chi connectivity index (χ4n) is 1.85. The molecule has 0 fully saturated rings. The zero-order valence-corrected chi connectivity index (χ0v) is 9.82. The minimum absolute atomic E-state index is 0.568. The molecule has 1 aliphatic rings. The van der Waals surface area contributed by atoms with Crippen molar-refractivity contribution in [2.45, 2.75) is 26.4 Å². The minimum atomic E-state index is 0.568. The molecule has 0 spiro atoms. The Bertz CT molecular complexity index is 367. The monoisotopic (exact) mass is 217 g/mol. The van der Waals surface area contributed by atoms with Gasteiger partial charge >= 0.3 is 0 Å². The average molecular weight is 217 g/mol. The van der Waals surface area contributed by atoms with Crippen molar-refractivity contribution in [3.05, 3.63) is 41.2 Å². The first-order chi connectivity index (χ1) is 7.78. The summed E-state index contributed by atoms with van der Waals surface area (Å²) in [6, 6.07) is 4.14. The molecule has 16 heavy (non-hydrogen) atoms. The molecule has 0 saturated heterocycles. The summed E-state index contributed by atoms with van der Waals surface area (Å²) in [5.41, 5.74) is 9.27. The number of pyridine rings is 1. The van der Waals surface area contributed by atoms with Gasteiger partial charge in [-0.1, -0.05) is 17.7 Å². The molecule has 1 aromatic heterocycles. The quantitative estimate of drug-likeness (QED) is 0.783. The molecule has 0 aromatic carbocycles. The van der Waals surface area contributed by atoms with Crippen molar-refractivity contribution in [1.29, 1.82) is 0 Å². The lowest BCUT2D eigenvalue weighted by Crippen LogP contribution is -2.28. The van der Waals surface area contributed by atoms with Crippen molar-refractivity contribution in [2.24, 2.45) is 5.73 Å². The molecule has 86 valence electrons. The molecular weight excluding hydrogens is 198 g/mol. The summed E-state index contributed by atoms with van der Waals surface area (Å²) >= 11 is 0. The first-order valence-electron chi connectivity index (χ1n) is 5.80. The van der Waals surface area contributed by atoms with Crippen molar-refractivity contribution in [1.82, 2.24) is 9.88 Å². The molecule has 0 radical (unpaired) electrons. The Morgan fingerprint density at radius 2 is 2.31 bits per heavy atom. The summed E-state index contributed by atoms with van der Waals surface area (Å²) in [5, 5.41) is 0. The molecular formula is C13H19N3. The van der Waals surface area contributed by atoms with Crippen LogP contribution in [0.1, 0.15) is 24.6 Å². The van der Waals surface area contributed by atoms with E-state index in [1.54, 1.807) is 0 Å². The van der Waals surface area contributed by atoms with Gasteiger partial charge in [0, 0.05) is 32.4 Å². The largest absolute Gasteiger partial charge is 0.326 e. The molecule has 0 saturated carbocycles. The van der Waals surface area contributed by atoms with Crippen LogP contribution in [0.25, 0.3) is 0 Å². The van der Waals surface area contributed by atoms with Gasteiger partial charge in [-0.3, -0.25) is 9.88 Å². The van der Waals surface area contributed by atoms with Gasteiger partial charge < -0.3 is 5.73 Å². The van der Waals surface area contributed by atoms with Crippen molar-refractivity contribution in [3.63, 3.8) is 0 Å². The Labute approximate surface area is 97.0 Å². The Morgan fingerprint density at radius 1 is 1.44 bits per heavy atom. The van der Waals surface area contributed by atoms with E-state index in [2.05, 4.69) is 35.0 Å². The fourth-order valence-corrected chi connectivity index (χ4v) is 1.85. The normalized spacial score (nSPS) is 17.2. The van der Waals surface area contributed by atoms with Crippen LogP contribution >= 0.6 is 0 Å². The van der Waals surface area contributed by atoms with E-state index in [1.165, 1.54) is 12.0 Å². The SMILES string of the molecule is CC1=CCN(Cc2ccc(CN)cn2)CC1. The molecule has 2 heterocycles. The molecule has 3 heteroatoms. The van der Waals surface area contributed by atoms with Gasteiger partial charge in [0.1, 0.15) is 0 Å². The van der Waals surface area contributed by atoms with Crippen molar-refractivity contribution in [3.8, 4) is 0 Å². The van der Waals surface area contributed by atoms with Crippen LogP contribution in [0.15, 0.2) is 30.0 Å². The van der Waals surface area contributed by atoms with Gasteiger partial charge in [-0.15, -0.1) is 0 Å². The number of nitrogens with two attached hydrogens (primary N) is 1. The van der Waals surface area contributed by atoms with E-state index in [9.17, 15) is 0 Å². The summed E-state index contributed by atoms with van der Waals surface area (Å²) in [6.45, 7) is 5.90. The van der Waals surface area contributed by atoms with Gasteiger partial charge in [-0.25, -0.2) is 0 Å².